The van der Waals surface area contributed by atoms with Crippen molar-refractivity contribution in [1.82, 2.24) is 5.06 Å². The fourth-order valence-corrected chi connectivity index (χ4v) is 1.97. The molecule has 1 amide bonds. The molecule has 0 spiro atoms. The number of hydroxylamine groups is 2. The van der Waals surface area contributed by atoms with E-state index in [2.05, 4.69) is 0 Å². The SMILES string of the molecule is CCOC(=O)C(CC)C(=O)ON(Cc1ccccc1)C(=O)CCl. The molecular weight excluding hydrogens is 322 g/mol. The standard InChI is InChI=1S/C16H20ClNO5/c1-3-13(15(20)22-4-2)16(21)23-18(14(19)10-17)11-12-8-6-5-7-9-12/h5-9,13H,3-4,10-11H2,1-2H3. The molecule has 0 saturated carbocycles. The highest BCUT2D eigenvalue weighted by Crippen LogP contribution is 2.12. The second-order valence-corrected chi connectivity index (χ2v) is 4.94. The minimum Gasteiger partial charge on any atom is -0.465 e. The number of esters is 1. The minimum absolute atomic E-state index is 0.0530. The topological polar surface area (TPSA) is 72.9 Å². The van der Waals surface area contributed by atoms with E-state index in [0.29, 0.717) is 0 Å². The molecule has 0 heterocycles. The maximum Gasteiger partial charge on any atom is 0.346 e. The third-order valence-corrected chi connectivity index (χ3v) is 3.25. The van der Waals surface area contributed by atoms with E-state index in [1.54, 1.807) is 38.1 Å². The van der Waals surface area contributed by atoms with Gasteiger partial charge >= 0.3 is 11.9 Å². The van der Waals surface area contributed by atoms with Gasteiger partial charge in [0.2, 0.25) is 0 Å². The summed E-state index contributed by atoms with van der Waals surface area (Å²) < 4.78 is 4.83. The number of halogens is 1. The van der Waals surface area contributed by atoms with E-state index in [9.17, 15) is 14.4 Å². The van der Waals surface area contributed by atoms with Crippen LogP contribution in [0.2, 0.25) is 0 Å². The molecule has 1 unspecified atom stereocenters. The number of rotatable bonds is 7. The third kappa shape index (κ3) is 5.90. The van der Waals surface area contributed by atoms with E-state index in [1.165, 1.54) is 0 Å². The lowest BCUT2D eigenvalue weighted by Crippen LogP contribution is -2.38. The molecule has 0 bridgehead atoms. The summed E-state index contributed by atoms with van der Waals surface area (Å²) in [4.78, 5) is 40.8. The molecule has 0 fully saturated rings. The van der Waals surface area contributed by atoms with Crippen LogP contribution >= 0.6 is 11.6 Å². The molecule has 1 aromatic carbocycles. The Morgan fingerprint density at radius 1 is 1.13 bits per heavy atom. The lowest BCUT2D eigenvalue weighted by molar-refractivity contribution is -0.205. The normalized spacial score (nSPS) is 11.4. The van der Waals surface area contributed by atoms with Crippen LogP contribution in [0, 0.1) is 5.92 Å². The molecule has 0 N–H and O–H groups in total. The maximum atomic E-state index is 12.2. The van der Waals surface area contributed by atoms with Crippen LogP contribution in [0.1, 0.15) is 25.8 Å². The summed E-state index contributed by atoms with van der Waals surface area (Å²) in [6.07, 6.45) is 0.214. The predicted molar refractivity (Wildman–Crippen MR) is 84.2 cm³/mol. The molecular formula is C16H20ClNO5. The summed E-state index contributed by atoms with van der Waals surface area (Å²) in [5, 5.41) is 0.868. The van der Waals surface area contributed by atoms with Gasteiger partial charge in [-0.3, -0.25) is 9.59 Å². The molecule has 1 atom stereocenters. The van der Waals surface area contributed by atoms with Crippen molar-refractivity contribution in [3.63, 3.8) is 0 Å². The molecule has 0 radical (unpaired) electrons. The molecule has 6 nitrogen and oxygen atoms in total. The Morgan fingerprint density at radius 2 is 1.78 bits per heavy atom. The van der Waals surface area contributed by atoms with Crippen molar-refractivity contribution in [3.05, 3.63) is 35.9 Å². The molecule has 1 aromatic rings. The van der Waals surface area contributed by atoms with Gasteiger partial charge in [0.1, 0.15) is 5.88 Å². The van der Waals surface area contributed by atoms with Crippen LogP contribution in [0.4, 0.5) is 0 Å². The molecule has 0 aliphatic carbocycles. The highest BCUT2D eigenvalue weighted by atomic mass is 35.5. The lowest BCUT2D eigenvalue weighted by Gasteiger charge is -2.22. The lowest BCUT2D eigenvalue weighted by atomic mass is 10.1. The Labute approximate surface area is 140 Å². The van der Waals surface area contributed by atoms with Gasteiger partial charge in [-0.1, -0.05) is 37.3 Å². The quantitative estimate of drug-likeness (QED) is 0.329. The van der Waals surface area contributed by atoms with E-state index in [0.717, 1.165) is 10.6 Å². The van der Waals surface area contributed by atoms with Crippen LogP contribution in [0.5, 0.6) is 0 Å². The Kier molecular flexibility index (Phi) is 8.11. The van der Waals surface area contributed by atoms with Crippen molar-refractivity contribution >= 4 is 29.4 Å². The Morgan fingerprint density at radius 3 is 2.30 bits per heavy atom. The number of nitrogens with zero attached hydrogens (tertiary/aromatic N) is 1. The van der Waals surface area contributed by atoms with Crippen LogP contribution in [-0.4, -0.2) is 35.4 Å². The predicted octanol–water partition coefficient (Wildman–Crippen LogP) is 2.30. The molecule has 23 heavy (non-hydrogen) atoms. The summed E-state index contributed by atoms with van der Waals surface area (Å²) in [6.45, 7) is 3.52. The number of amides is 1. The van der Waals surface area contributed by atoms with Gasteiger partial charge in [-0.05, 0) is 18.9 Å². The number of ether oxygens (including phenoxy) is 1. The molecule has 7 heteroatoms. The van der Waals surface area contributed by atoms with Crippen LogP contribution in [-0.2, 0) is 30.5 Å². The van der Waals surface area contributed by atoms with Crippen molar-refractivity contribution in [2.75, 3.05) is 12.5 Å². The van der Waals surface area contributed by atoms with E-state index in [-0.39, 0.29) is 25.5 Å². The van der Waals surface area contributed by atoms with E-state index in [1.807, 2.05) is 6.07 Å². The van der Waals surface area contributed by atoms with Gasteiger partial charge in [-0.25, -0.2) is 4.79 Å². The minimum atomic E-state index is -1.07. The zero-order chi connectivity index (χ0) is 17.2. The van der Waals surface area contributed by atoms with Crippen LogP contribution < -0.4 is 0 Å². The zero-order valence-corrected chi connectivity index (χ0v) is 13.9. The van der Waals surface area contributed by atoms with Gasteiger partial charge in [0.05, 0.1) is 13.2 Å². The second-order valence-electron chi connectivity index (χ2n) is 4.67. The average Bonchev–Trinajstić information content (AvgIpc) is 2.55. The zero-order valence-electron chi connectivity index (χ0n) is 13.2. The Hall–Kier alpha value is -2.08. The van der Waals surface area contributed by atoms with Crippen molar-refractivity contribution in [2.45, 2.75) is 26.8 Å². The summed E-state index contributed by atoms with van der Waals surface area (Å²) >= 11 is 5.55. The van der Waals surface area contributed by atoms with Gasteiger partial charge in [0.15, 0.2) is 5.92 Å². The molecule has 0 aliphatic rings. The van der Waals surface area contributed by atoms with Crippen LogP contribution in [0.15, 0.2) is 30.3 Å². The fraction of sp³-hybridized carbons (Fsp3) is 0.438. The Balaban J connectivity index is 2.81. The van der Waals surface area contributed by atoms with Gasteiger partial charge in [0.25, 0.3) is 5.91 Å². The summed E-state index contributed by atoms with van der Waals surface area (Å²) in [5.41, 5.74) is 0.767. The smallest absolute Gasteiger partial charge is 0.346 e. The number of hydrogen-bond acceptors (Lipinski definition) is 5. The first kappa shape index (κ1) is 19.0. The van der Waals surface area contributed by atoms with Crippen molar-refractivity contribution < 1.29 is 24.0 Å². The molecule has 0 aliphatic heterocycles. The average molecular weight is 342 g/mol. The number of carbonyl (C=O) groups excluding carboxylic acids is 3. The van der Waals surface area contributed by atoms with Crippen LogP contribution in [0.25, 0.3) is 0 Å². The first-order valence-electron chi connectivity index (χ1n) is 7.32. The van der Waals surface area contributed by atoms with Gasteiger partial charge in [-0.15, -0.1) is 11.6 Å². The maximum absolute atomic E-state index is 12.2. The van der Waals surface area contributed by atoms with Crippen molar-refractivity contribution in [3.8, 4) is 0 Å². The Bertz CT molecular complexity index is 535. The fourth-order valence-electron chi connectivity index (χ4n) is 1.83. The molecule has 0 aromatic heterocycles. The highest BCUT2D eigenvalue weighted by molar-refractivity contribution is 6.27. The van der Waals surface area contributed by atoms with Crippen LogP contribution in [0.3, 0.4) is 0 Å². The number of benzene rings is 1. The first-order chi connectivity index (χ1) is 11.0. The third-order valence-electron chi connectivity index (χ3n) is 3.03. The van der Waals surface area contributed by atoms with Crippen molar-refractivity contribution in [1.29, 1.82) is 0 Å². The number of alkyl halides is 1. The van der Waals surface area contributed by atoms with Gasteiger partial charge in [0, 0.05) is 0 Å². The molecule has 1 rings (SSSR count). The summed E-state index contributed by atoms with van der Waals surface area (Å²) in [6, 6.07) is 9.00. The number of carbonyl (C=O) groups is 3. The van der Waals surface area contributed by atoms with E-state index < -0.39 is 23.8 Å². The second kappa shape index (κ2) is 9.84. The summed E-state index contributed by atoms with van der Waals surface area (Å²) in [7, 11) is 0. The molecule has 0 saturated heterocycles. The summed E-state index contributed by atoms with van der Waals surface area (Å²) in [5.74, 6) is -3.48. The number of hydrogen-bond donors (Lipinski definition) is 0. The van der Waals surface area contributed by atoms with Gasteiger partial charge < -0.3 is 9.57 Å². The first-order valence-corrected chi connectivity index (χ1v) is 7.85. The highest BCUT2D eigenvalue weighted by Gasteiger charge is 2.31. The molecule has 126 valence electrons. The van der Waals surface area contributed by atoms with E-state index >= 15 is 0 Å². The van der Waals surface area contributed by atoms with Gasteiger partial charge in [-0.2, -0.15) is 5.06 Å². The largest absolute Gasteiger partial charge is 0.465 e. The van der Waals surface area contributed by atoms with Crippen molar-refractivity contribution in [2.24, 2.45) is 5.92 Å². The monoisotopic (exact) mass is 341 g/mol. The van der Waals surface area contributed by atoms with E-state index in [4.69, 9.17) is 21.2 Å².